The average Bonchev–Trinajstić information content (AvgIpc) is 3.16. The quantitative estimate of drug-likeness (QED) is 0.786. The van der Waals surface area contributed by atoms with Crippen LogP contribution in [0.1, 0.15) is 30.1 Å². The number of ether oxygens (including phenoxy) is 1. The van der Waals surface area contributed by atoms with Crippen LogP contribution < -0.4 is 10.6 Å². The van der Waals surface area contributed by atoms with Gasteiger partial charge in [-0.25, -0.2) is 9.97 Å². The van der Waals surface area contributed by atoms with E-state index >= 15 is 0 Å². The third-order valence-corrected chi connectivity index (χ3v) is 6.02. The maximum Gasteiger partial charge on any atom is 0.257 e. The molecule has 4 rings (SSSR count). The molecule has 1 aromatic carbocycles. The van der Waals surface area contributed by atoms with Gasteiger partial charge in [0.25, 0.3) is 5.91 Å². The second kappa shape index (κ2) is 8.79. The number of fused-ring (bicyclic) bond motifs is 1. The van der Waals surface area contributed by atoms with Gasteiger partial charge in [0.15, 0.2) is 0 Å². The Balaban J connectivity index is 1.39. The fourth-order valence-electron chi connectivity index (χ4n) is 4.59. The van der Waals surface area contributed by atoms with Crippen LogP contribution >= 0.6 is 0 Å². The standard InChI is InChI=1S/C22H27N5O3/c1-14(28)25-19-8-15-12-27(13-16(15)9-20(19)30-2)21(29)17-10-23-22(24-11-17)26-18-6-4-3-5-7-18/h3-7,10-11,15-16,19-20H,8-9,12-13H2,1-2H3,(H,25,28)(H,23,24,26)/t15-,16+,19-,20-/m1/s1. The highest BCUT2D eigenvalue weighted by Gasteiger charge is 2.44. The summed E-state index contributed by atoms with van der Waals surface area (Å²) in [6.07, 6.45) is 4.79. The molecule has 158 valence electrons. The van der Waals surface area contributed by atoms with Crippen LogP contribution in [-0.4, -0.2) is 59.0 Å². The summed E-state index contributed by atoms with van der Waals surface area (Å²) >= 11 is 0. The minimum absolute atomic E-state index is 0.00419. The molecule has 2 heterocycles. The van der Waals surface area contributed by atoms with E-state index in [1.165, 1.54) is 6.92 Å². The molecule has 8 nitrogen and oxygen atoms in total. The van der Waals surface area contributed by atoms with E-state index in [2.05, 4.69) is 20.6 Å². The zero-order valence-electron chi connectivity index (χ0n) is 17.2. The minimum Gasteiger partial charge on any atom is -0.379 e. The molecule has 1 aliphatic carbocycles. The smallest absolute Gasteiger partial charge is 0.257 e. The lowest BCUT2D eigenvalue weighted by Gasteiger charge is -2.37. The predicted octanol–water partition coefficient (Wildman–Crippen LogP) is 2.22. The Hall–Kier alpha value is -3.00. The molecule has 1 saturated heterocycles. The van der Waals surface area contributed by atoms with E-state index in [-0.39, 0.29) is 24.0 Å². The van der Waals surface area contributed by atoms with Gasteiger partial charge >= 0.3 is 0 Å². The minimum atomic E-state index is -0.0549. The van der Waals surface area contributed by atoms with Crippen LogP contribution in [-0.2, 0) is 9.53 Å². The first kappa shape index (κ1) is 20.3. The maximum atomic E-state index is 13.0. The maximum absolute atomic E-state index is 13.0. The summed E-state index contributed by atoms with van der Waals surface area (Å²) in [6.45, 7) is 2.90. The van der Waals surface area contributed by atoms with Gasteiger partial charge in [-0.2, -0.15) is 0 Å². The third-order valence-electron chi connectivity index (χ3n) is 6.02. The molecular formula is C22H27N5O3. The van der Waals surface area contributed by atoms with Crippen molar-refractivity contribution in [1.29, 1.82) is 0 Å². The molecule has 1 aromatic heterocycles. The van der Waals surface area contributed by atoms with Gasteiger partial charge in [0.1, 0.15) is 0 Å². The summed E-state index contributed by atoms with van der Waals surface area (Å²) in [6, 6.07) is 9.64. The number of hydrogen-bond donors (Lipinski definition) is 2. The number of hydrogen-bond acceptors (Lipinski definition) is 6. The number of methoxy groups -OCH3 is 1. The molecule has 0 unspecified atom stereocenters. The molecular weight excluding hydrogens is 382 g/mol. The van der Waals surface area contributed by atoms with Gasteiger partial charge in [-0.1, -0.05) is 18.2 Å². The van der Waals surface area contributed by atoms with Crippen LogP contribution in [0, 0.1) is 11.8 Å². The third kappa shape index (κ3) is 4.43. The molecule has 2 aromatic rings. The van der Waals surface area contributed by atoms with Gasteiger partial charge < -0.3 is 20.3 Å². The number of likely N-dealkylation sites (tertiary alicyclic amines) is 1. The first-order chi connectivity index (χ1) is 14.5. The summed E-state index contributed by atoms with van der Waals surface area (Å²) in [5.74, 6) is 1.09. The van der Waals surface area contributed by atoms with E-state index in [0.29, 0.717) is 36.4 Å². The van der Waals surface area contributed by atoms with E-state index < -0.39 is 0 Å². The molecule has 2 amide bonds. The molecule has 1 saturated carbocycles. The van der Waals surface area contributed by atoms with Crippen molar-refractivity contribution < 1.29 is 14.3 Å². The van der Waals surface area contributed by atoms with E-state index in [1.807, 2.05) is 35.2 Å². The molecule has 0 bridgehead atoms. The fourth-order valence-corrected chi connectivity index (χ4v) is 4.59. The highest BCUT2D eigenvalue weighted by atomic mass is 16.5. The van der Waals surface area contributed by atoms with Gasteiger partial charge in [0.2, 0.25) is 11.9 Å². The van der Waals surface area contributed by atoms with Gasteiger partial charge in [0, 0.05) is 45.2 Å². The summed E-state index contributed by atoms with van der Waals surface area (Å²) in [7, 11) is 1.68. The number of carbonyl (C=O) groups excluding carboxylic acids is 2. The van der Waals surface area contributed by atoms with Crippen LogP contribution in [0.2, 0.25) is 0 Å². The van der Waals surface area contributed by atoms with Crippen molar-refractivity contribution >= 4 is 23.5 Å². The SMILES string of the molecule is CO[C@@H]1C[C@H]2CN(C(=O)c3cnc(Nc4ccccc4)nc3)C[C@H]2C[C@H]1NC(C)=O. The van der Waals surface area contributed by atoms with Crippen LogP contribution in [0.4, 0.5) is 11.6 Å². The number of amides is 2. The van der Waals surface area contributed by atoms with Gasteiger partial charge in [-0.3, -0.25) is 9.59 Å². The van der Waals surface area contributed by atoms with Crippen molar-refractivity contribution in [3.8, 4) is 0 Å². The highest BCUT2D eigenvalue weighted by molar-refractivity contribution is 5.94. The Morgan fingerprint density at radius 1 is 1.07 bits per heavy atom. The normalized spacial score (nSPS) is 25.5. The van der Waals surface area contributed by atoms with Crippen LogP contribution in [0.15, 0.2) is 42.7 Å². The average molecular weight is 409 g/mol. The Morgan fingerprint density at radius 2 is 1.73 bits per heavy atom. The summed E-state index contributed by atoms with van der Waals surface area (Å²) in [4.78, 5) is 35.0. The fraction of sp³-hybridized carbons (Fsp3) is 0.455. The van der Waals surface area contributed by atoms with E-state index in [9.17, 15) is 9.59 Å². The molecule has 8 heteroatoms. The molecule has 4 atom stereocenters. The monoisotopic (exact) mass is 409 g/mol. The lowest BCUT2D eigenvalue weighted by molar-refractivity contribution is -0.121. The Kier molecular flexibility index (Phi) is 5.94. The number of para-hydroxylation sites is 1. The first-order valence-corrected chi connectivity index (χ1v) is 10.3. The van der Waals surface area contributed by atoms with Crippen molar-refractivity contribution in [3.63, 3.8) is 0 Å². The number of carbonyl (C=O) groups is 2. The summed E-state index contributed by atoms with van der Waals surface area (Å²) in [5, 5.41) is 6.12. The van der Waals surface area contributed by atoms with Crippen LogP contribution in [0.5, 0.6) is 0 Å². The van der Waals surface area contributed by atoms with Crippen molar-refractivity contribution in [3.05, 3.63) is 48.3 Å². The van der Waals surface area contributed by atoms with E-state index in [4.69, 9.17) is 4.74 Å². The largest absolute Gasteiger partial charge is 0.379 e. The second-order valence-corrected chi connectivity index (χ2v) is 8.07. The lowest BCUT2D eigenvalue weighted by Crippen LogP contribution is -2.49. The van der Waals surface area contributed by atoms with Gasteiger partial charge in [-0.05, 0) is 36.8 Å². The first-order valence-electron chi connectivity index (χ1n) is 10.3. The Bertz CT molecular complexity index is 889. The molecule has 30 heavy (non-hydrogen) atoms. The van der Waals surface area contributed by atoms with Crippen molar-refractivity contribution in [1.82, 2.24) is 20.2 Å². The van der Waals surface area contributed by atoms with E-state index in [1.54, 1.807) is 19.5 Å². The second-order valence-electron chi connectivity index (χ2n) is 8.07. The Labute approximate surface area is 176 Å². The zero-order valence-corrected chi connectivity index (χ0v) is 17.2. The van der Waals surface area contributed by atoms with Crippen molar-refractivity contribution in [2.75, 3.05) is 25.5 Å². The highest BCUT2D eigenvalue weighted by Crippen LogP contribution is 2.38. The number of nitrogens with one attached hydrogen (secondary N) is 2. The topological polar surface area (TPSA) is 96.4 Å². The molecule has 2 aliphatic rings. The number of nitrogens with zero attached hydrogens (tertiary/aromatic N) is 3. The molecule has 1 aliphatic heterocycles. The zero-order chi connectivity index (χ0) is 21.1. The van der Waals surface area contributed by atoms with Crippen molar-refractivity contribution in [2.45, 2.75) is 31.9 Å². The molecule has 2 fully saturated rings. The number of anilines is 2. The number of rotatable bonds is 5. The van der Waals surface area contributed by atoms with Crippen molar-refractivity contribution in [2.24, 2.45) is 11.8 Å². The van der Waals surface area contributed by atoms with Crippen LogP contribution in [0.25, 0.3) is 0 Å². The summed E-state index contributed by atoms with van der Waals surface area (Å²) in [5.41, 5.74) is 1.37. The van der Waals surface area contributed by atoms with Crippen LogP contribution in [0.3, 0.4) is 0 Å². The molecule has 0 radical (unpaired) electrons. The predicted molar refractivity (Wildman–Crippen MR) is 112 cm³/mol. The van der Waals surface area contributed by atoms with Gasteiger partial charge in [-0.15, -0.1) is 0 Å². The molecule has 0 spiro atoms. The lowest BCUT2D eigenvalue weighted by atomic mass is 9.77. The summed E-state index contributed by atoms with van der Waals surface area (Å²) < 4.78 is 5.61. The van der Waals surface area contributed by atoms with E-state index in [0.717, 1.165) is 18.5 Å². The Morgan fingerprint density at radius 3 is 2.37 bits per heavy atom. The molecule has 2 N–H and O–H groups in total. The van der Waals surface area contributed by atoms with Gasteiger partial charge in [0.05, 0.1) is 17.7 Å². The number of benzene rings is 1. The number of aromatic nitrogens is 2.